The molecule has 12 nitrogen and oxygen atoms in total. The molecule has 0 spiro atoms. The second kappa shape index (κ2) is 14.4. The van der Waals surface area contributed by atoms with Crippen LogP contribution in [0.4, 0.5) is 9.59 Å². The number of H-pyrrole nitrogens is 2. The summed E-state index contributed by atoms with van der Waals surface area (Å²) < 4.78 is 12.8. The number of nitrogens with one attached hydrogen (secondary N) is 3. The number of methoxy groups -OCH3 is 1. The van der Waals surface area contributed by atoms with Gasteiger partial charge in [-0.2, -0.15) is 0 Å². The molecule has 2 aliphatic heterocycles. The van der Waals surface area contributed by atoms with Crippen LogP contribution in [0.5, 0.6) is 0 Å². The number of benzene rings is 1. The van der Waals surface area contributed by atoms with Crippen LogP contribution in [0.2, 0.25) is 0 Å². The summed E-state index contributed by atoms with van der Waals surface area (Å²) in [4.78, 5) is 58.4. The molecule has 2 aliphatic rings. The van der Waals surface area contributed by atoms with Crippen LogP contribution in [0.3, 0.4) is 0 Å². The normalized spacial score (nSPS) is 18.4. The van der Waals surface area contributed by atoms with Crippen LogP contribution in [-0.2, 0) is 14.3 Å². The first kappa shape index (κ1) is 35.7. The number of likely N-dealkylation sites (tertiary alicyclic amines) is 2. The van der Waals surface area contributed by atoms with Crippen molar-refractivity contribution >= 4 is 50.2 Å². The van der Waals surface area contributed by atoms with Crippen LogP contribution < -0.4 is 5.32 Å². The number of hydrogen-bond acceptors (Lipinski definition) is 9. The Morgan fingerprint density at radius 2 is 1.40 bits per heavy atom. The van der Waals surface area contributed by atoms with Gasteiger partial charge in [0.15, 0.2) is 0 Å². The minimum Gasteiger partial charge on any atom is -0.453 e. The number of hydrogen-bond donors (Lipinski definition) is 3. The topological polar surface area (TPSA) is 146 Å². The second-order valence-electron chi connectivity index (χ2n) is 14.8. The summed E-state index contributed by atoms with van der Waals surface area (Å²) >= 11 is 3.42. The Kier molecular flexibility index (Phi) is 9.87. The van der Waals surface area contributed by atoms with Gasteiger partial charge in [0.1, 0.15) is 23.3 Å². The molecule has 274 valence electrons. The van der Waals surface area contributed by atoms with E-state index in [2.05, 4.69) is 55.3 Å². The number of fused-ring (bicyclic) bond motifs is 1. The Hall–Kier alpha value is -4.69. The van der Waals surface area contributed by atoms with Gasteiger partial charge in [-0.3, -0.25) is 9.69 Å². The van der Waals surface area contributed by atoms with Gasteiger partial charge in [-0.15, -0.1) is 22.7 Å². The highest BCUT2D eigenvalue weighted by atomic mass is 32.1. The van der Waals surface area contributed by atoms with E-state index >= 15 is 0 Å². The minimum atomic E-state index is -0.678. The van der Waals surface area contributed by atoms with Crippen molar-refractivity contribution in [3.63, 3.8) is 0 Å². The molecule has 2 fully saturated rings. The third kappa shape index (κ3) is 7.05. The van der Waals surface area contributed by atoms with Gasteiger partial charge in [-0.05, 0) is 63.5 Å². The standard InChI is InChI=1S/C38H45N7O5S2/c1-21(2)30(43-36(47)49-6)35(46)44-15-7-9-28(44)33-40-18-27(42-33)25-20-52-31-24(19-51-32(25)31)22-11-13-23(14-12-22)26-17-39-34(41-26)29-10-8-16-45(29)37(48)50-38(3,4)5/h11-14,17-21,28-30H,7-10,15-16H2,1-6H3,(H,39,41)(H,40,42)(H,43,47)/t28-,29?,30-/m0/s1. The Morgan fingerprint density at radius 1 is 0.846 bits per heavy atom. The van der Waals surface area contributed by atoms with E-state index in [1.165, 1.54) is 22.1 Å². The Labute approximate surface area is 310 Å². The van der Waals surface area contributed by atoms with E-state index in [0.717, 1.165) is 65.4 Å². The van der Waals surface area contributed by atoms with Crippen molar-refractivity contribution in [1.82, 2.24) is 35.1 Å². The van der Waals surface area contributed by atoms with Gasteiger partial charge in [0.2, 0.25) is 5.91 Å². The molecule has 0 saturated carbocycles. The second-order valence-corrected chi connectivity index (χ2v) is 16.5. The van der Waals surface area contributed by atoms with Crippen molar-refractivity contribution in [1.29, 1.82) is 0 Å². The molecule has 7 rings (SSSR count). The van der Waals surface area contributed by atoms with Gasteiger partial charge in [0.25, 0.3) is 0 Å². The summed E-state index contributed by atoms with van der Waals surface area (Å²) in [7, 11) is 1.30. The number of ether oxygens (including phenoxy) is 2. The highest BCUT2D eigenvalue weighted by molar-refractivity contribution is 7.27. The summed E-state index contributed by atoms with van der Waals surface area (Å²) in [5.41, 5.74) is 5.69. The predicted octanol–water partition coefficient (Wildman–Crippen LogP) is 8.53. The number of thiophene rings is 2. The number of aromatic amines is 2. The van der Waals surface area contributed by atoms with Crippen molar-refractivity contribution in [2.75, 3.05) is 20.2 Å². The zero-order valence-corrected chi connectivity index (χ0v) is 32.0. The number of carbonyl (C=O) groups excluding carboxylic acids is 3. The summed E-state index contributed by atoms with van der Waals surface area (Å²) in [5.74, 6) is 1.31. The third-order valence-corrected chi connectivity index (χ3v) is 11.9. The van der Waals surface area contributed by atoms with Gasteiger partial charge in [0, 0.05) is 35.0 Å². The lowest BCUT2D eigenvalue weighted by molar-refractivity contribution is -0.135. The third-order valence-electron chi connectivity index (χ3n) is 9.71. The molecule has 0 aliphatic carbocycles. The van der Waals surface area contributed by atoms with Crippen LogP contribution in [-0.4, -0.2) is 79.7 Å². The number of rotatable bonds is 8. The lowest BCUT2D eigenvalue weighted by atomic mass is 10.0. The van der Waals surface area contributed by atoms with Gasteiger partial charge in [-0.1, -0.05) is 38.1 Å². The van der Waals surface area contributed by atoms with Gasteiger partial charge >= 0.3 is 12.2 Å². The molecule has 6 heterocycles. The molecule has 14 heteroatoms. The Balaban J connectivity index is 1.06. The van der Waals surface area contributed by atoms with Crippen LogP contribution in [0.15, 0.2) is 47.4 Å². The maximum Gasteiger partial charge on any atom is 0.410 e. The number of amides is 3. The maximum atomic E-state index is 13.6. The Morgan fingerprint density at radius 3 is 2.04 bits per heavy atom. The fraction of sp³-hybridized carbons (Fsp3) is 0.447. The molecule has 3 N–H and O–H groups in total. The molecular weight excluding hydrogens is 699 g/mol. The number of aromatic nitrogens is 4. The summed E-state index contributed by atoms with van der Waals surface area (Å²) in [6.45, 7) is 10.7. The van der Waals surface area contributed by atoms with E-state index in [0.29, 0.717) is 13.1 Å². The molecule has 0 radical (unpaired) electrons. The van der Waals surface area contributed by atoms with Crippen molar-refractivity contribution in [3.8, 4) is 33.6 Å². The van der Waals surface area contributed by atoms with E-state index in [4.69, 9.17) is 14.5 Å². The highest BCUT2D eigenvalue weighted by Crippen LogP contribution is 2.44. The fourth-order valence-electron chi connectivity index (χ4n) is 7.11. The van der Waals surface area contributed by atoms with Gasteiger partial charge in [-0.25, -0.2) is 19.6 Å². The molecule has 3 amide bonds. The average Bonchev–Trinajstić information content (AvgIpc) is 3.95. The summed E-state index contributed by atoms with van der Waals surface area (Å²) in [6.07, 6.45) is 6.19. The minimum absolute atomic E-state index is 0.0954. The van der Waals surface area contributed by atoms with E-state index in [9.17, 15) is 14.4 Å². The quantitative estimate of drug-likeness (QED) is 0.144. The molecule has 1 unspecified atom stereocenters. The van der Waals surface area contributed by atoms with E-state index in [-0.39, 0.29) is 30.0 Å². The zero-order valence-electron chi connectivity index (χ0n) is 30.3. The summed E-state index contributed by atoms with van der Waals surface area (Å²) in [6, 6.07) is 7.48. The molecular formula is C38H45N7O5S2. The van der Waals surface area contributed by atoms with Crippen molar-refractivity contribution < 1.29 is 23.9 Å². The zero-order chi connectivity index (χ0) is 36.7. The van der Waals surface area contributed by atoms with Gasteiger partial charge < -0.3 is 29.7 Å². The van der Waals surface area contributed by atoms with Crippen molar-refractivity contribution in [2.24, 2.45) is 5.92 Å². The van der Waals surface area contributed by atoms with Crippen LogP contribution in [0, 0.1) is 5.92 Å². The smallest absolute Gasteiger partial charge is 0.410 e. The lowest BCUT2D eigenvalue weighted by Gasteiger charge is -2.30. The number of alkyl carbamates (subject to hydrolysis) is 1. The molecule has 0 bridgehead atoms. The molecule has 52 heavy (non-hydrogen) atoms. The summed E-state index contributed by atoms with van der Waals surface area (Å²) in [5, 5.41) is 7.08. The van der Waals surface area contributed by atoms with E-state index in [1.54, 1.807) is 27.6 Å². The predicted molar refractivity (Wildman–Crippen MR) is 203 cm³/mol. The maximum absolute atomic E-state index is 13.6. The van der Waals surface area contributed by atoms with E-state index < -0.39 is 17.7 Å². The number of nitrogens with zero attached hydrogens (tertiary/aromatic N) is 4. The SMILES string of the molecule is COC(=O)N[C@H](C(=O)N1CCC[C@H]1c1ncc(-c2csc3c(-c4ccc(-c5cnc(C6CCCN6C(=O)OC(C)(C)C)[nH]5)cc4)csc23)[nH]1)C(C)C. The average molecular weight is 744 g/mol. The largest absolute Gasteiger partial charge is 0.453 e. The number of carbonyl (C=O) groups is 3. The molecule has 4 aromatic heterocycles. The Bertz CT molecular complexity index is 2070. The first-order chi connectivity index (χ1) is 24.9. The lowest BCUT2D eigenvalue weighted by Crippen LogP contribution is -2.51. The van der Waals surface area contributed by atoms with Gasteiger partial charge in [0.05, 0.1) is 52.4 Å². The molecule has 3 atom stereocenters. The number of imidazole rings is 2. The monoisotopic (exact) mass is 743 g/mol. The fourth-order valence-corrected chi connectivity index (χ4v) is 9.56. The molecule has 1 aromatic carbocycles. The first-order valence-electron chi connectivity index (χ1n) is 17.8. The molecule has 2 saturated heterocycles. The van der Waals surface area contributed by atoms with E-state index in [1.807, 2.05) is 51.9 Å². The highest BCUT2D eigenvalue weighted by Gasteiger charge is 2.38. The molecule has 5 aromatic rings. The van der Waals surface area contributed by atoms with Crippen LogP contribution in [0.25, 0.3) is 43.0 Å². The van der Waals surface area contributed by atoms with Crippen molar-refractivity contribution in [2.45, 2.75) is 84.0 Å². The first-order valence-corrected chi connectivity index (χ1v) is 19.5. The van der Waals surface area contributed by atoms with Crippen molar-refractivity contribution in [3.05, 3.63) is 59.1 Å². The van der Waals surface area contributed by atoms with Crippen LogP contribution in [0.1, 0.15) is 84.0 Å². The van der Waals surface area contributed by atoms with Crippen LogP contribution >= 0.6 is 22.7 Å².